The molecule has 37 heavy (non-hydrogen) atoms. The first-order chi connectivity index (χ1) is 17.9. The van der Waals surface area contributed by atoms with Crippen LogP contribution < -0.4 is 21.7 Å². The Hall–Kier alpha value is -4.83. The van der Waals surface area contributed by atoms with Gasteiger partial charge in [-0.15, -0.1) is 0 Å². The molecule has 2 heterocycles. The van der Waals surface area contributed by atoms with Gasteiger partial charge in [-0.05, 0) is 35.9 Å². The predicted octanol–water partition coefficient (Wildman–Crippen LogP) is 4.75. The van der Waals surface area contributed by atoms with Crippen molar-refractivity contribution in [2.24, 2.45) is 7.05 Å². The van der Waals surface area contributed by atoms with Gasteiger partial charge in [-0.2, -0.15) is 0 Å². The van der Waals surface area contributed by atoms with Crippen molar-refractivity contribution in [2.75, 3.05) is 10.6 Å². The van der Waals surface area contributed by atoms with Crippen molar-refractivity contribution in [3.05, 3.63) is 99.6 Å². The maximum Gasteiger partial charge on any atom is 0.439 e. The summed E-state index contributed by atoms with van der Waals surface area (Å²) in [6.45, 7) is 0.379. The Balaban J connectivity index is 1.39. The summed E-state index contributed by atoms with van der Waals surface area (Å²) in [6.07, 6.45) is 0. The van der Waals surface area contributed by atoms with Crippen LogP contribution in [0.5, 0.6) is 0 Å². The third-order valence-corrected chi connectivity index (χ3v) is 5.99. The molecule has 0 fully saturated rings. The van der Waals surface area contributed by atoms with Crippen LogP contribution in [0, 0.1) is 0 Å². The summed E-state index contributed by atoms with van der Waals surface area (Å²) in [5.74, 6) is -1.01. The lowest BCUT2D eigenvalue weighted by molar-refractivity contribution is 0.102. The number of rotatable bonds is 6. The molecule has 186 valence electrons. The molecule has 10 nitrogen and oxygen atoms in total. The van der Waals surface area contributed by atoms with E-state index in [1.807, 2.05) is 36.4 Å². The summed E-state index contributed by atoms with van der Waals surface area (Å²) in [7, 11) is 1.74. The van der Waals surface area contributed by atoms with Crippen molar-refractivity contribution >= 4 is 45.8 Å². The molecule has 5 rings (SSSR count). The Kier molecular flexibility index (Phi) is 6.48. The number of halogens is 1. The summed E-state index contributed by atoms with van der Waals surface area (Å²) < 4.78 is 6.29. The molecule has 0 saturated carbocycles. The van der Waals surface area contributed by atoms with E-state index < -0.39 is 11.7 Å². The highest BCUT2D eigenvalue weighted by Gasteiger charge is 2.19. The van der Waals surface area contributed by atoms with Crippen LogP contribution in [-0.2, 0) is 13.6 Å². The van der Waals surface area contributed by atoms with E-state index in [2.05, 4.69) is 30.6 Å². The van der Waals surface area contributed by atoms with Crippen LogP contribution in [0.2, 0.25) is 5.02 Å². The number of nitrogens with one attached hydrogen (secondary N) is 4. The number of carbonyl (C=O) groups is 2. The van der Waals surface area contributed by atoms with Crippen LogP contribution in [0.25, 0.3) is 22.3 Å². The van der Waals surface area contributed by atoms with Crippen molar-refractivity contribution in [2.45, 2.75) is 6.54 Å². The monoisotopic (exact) mass is 516 g/mol. The maximum absolute atomic E-state index is 13.3. The predicted molar refractivity (Wildman–Crippen MR) is 141 cm³/mol. The molecule has 5 aromatic rings. The first-order valence-corrected chi connectivity index (χ1v) is 11.6. The molecule has 0 aliphatic rings. The van der Waals surface area contributed by atoms with Gasteiger partial charge in [0.1, 0.15) is 5.69 Å². The molecule has 2 aromatic heterocycles. The van der Waals surface area contributed by atoms with E-state index in [1.54, 1.807) is 48.0 Å². The second kappa shape index (κ2) is 10.0. The summed E-state index contributed by atoms with van der Waals surface area (Å²) in [5.41, 5.74) is 3.33. The molecule has 11 heteroatoms. The molecule has 3 amide bonds. The summed E-state index contributed by atoms with van der Waals surface area (Å²) >= 11 is 6.12. The maximum atomic E-state index is 13.3. The number of benzene rings is 3. The second-order valence-electron chi connectivity index (χ2n) is 8.21. The summed E-state index contributed by atoms with van der Waals surface area (Å²) in [6, 6.07) is 21.1. The van der Waals surface area contributed by atoms with Crippen molar-refractivity contribution in [3.8, 4) is 11.4 Å². The zero-order chi connectivity index (χ0) is 25.9. The van der Waals surface area contributed by atoms with E-state index in [4.69, 9.17) is 11.6 Å². The molecule has 0 radical (unpaired) electrons. The first-order valence-electron chi connectivity index (χ1n) is 11.2. The topological polar surface area (TPSA) is 134 Å². The average Bonchev–Trinajstić information content (AvgIpc) is 3.48. The van der Waals surface area contributed by atoms with Gasteiger partial charge >= 0.3 is 11.8 Å². The van der Waals surface area contributed by atoms with Crippen LogP contribution >= 0.6 is 11.6 Å². The van der Waals surface area contributed by atoms with Gasteiger partial charge in [0.15, 0.2) is 5.82 Å². The Morgan fingerprint density at radius 3 is 2.57 bits per heavy atom. The number of H-pyrrole nitrogens is 1. The normalized spacial score (nSPS) is 10.9. The Morgan fingerprint density at radius 1 is 1.00 bits per heavy atom. The largest absolute Gasteiger partial charge is 0.439 e. The molecule has 0 aliphatic carbocycles. The third-order valence-electron chi connectivity index (χ3n) is 5.76. The SMILES string of the molecule is Cn1c(C(=O)Nc2ccc(Cl)cc2-c2noc(=O)[nH]2)cc2cccc(NC(=O)NCc3ccccc3)c21. The summed E-state index contributed by atoms with van der Waals surface area (Å²) in [5, 5.41) is 13.4. The van der Waals surface area contributed by atoms with Crippen molar-refractivity contribution < 1.29 is 14.1 Å². The molecule has 3 aromatic carbocycles. The molecular weight excluding hydrogens is 496 g/mol. The lowest BCUT2D eigenvalue weighted by atomic mass is 10.1. The fourth-order valence-corrected chi connectivity index (χ4v) is 4.21. The minimum atomic E-state index is -0.728. The number of carbonyl (C=O) groups excluding carboxylic acids is 2. The number of hydrogen-bond donors (Lipinski definition) is 4. The standard InChI is InChI=1S/C26H21ClN6O4/c1-33-21(24(34)29-19-11-10-17(27)13-18(19)23-31-26(36)37-32-23)12-16-8-5-9-20(22(16)33)30-25(35)28-14-15-6-3-2-4-7-15/h2-13H,14H2,1H3,(H,29,34)(H2,28,30,35)(H,31,32,36). The van der Waals surface area contributed by atoms with Crippen molar-refractivity contribution in [1.82, 2.24) is 20.0 Å². The lowest BCUT2D eigenvalue weighted by Gasteiger charge is -2.12. The molecule has 0 atom stereocenters. The number of para-hydroxylation sites is 1. The first kappa shape index (κ1) is 23.9. The molecule has 0 saturated heterocycles. The molecule has 0 aliphatic heterocycles. The second-order valence-corrected chi connectivity index (χ2v) is 8.65. The van der Waals surface area contributed by atoms with E-state index >= 15 is 0 Å². The number of anilines is 2. The number of aromatic nitrogens is 3. The van der Waals surface area contributed by atoms with Gasteiger partial charge in [0.05, 0.1) is 16.9 Å². The van der Waals surface area contributed by atoms with Crippen LogP contribution in [-0.4, -0.2) is 26.6 Å². The lowest BCUT2D eigenvalue weighted by Crippen LogP contribution is -2.28. The van der Waals surface area contributed by atoms with Gasteiger partial charge in [-0.1, -0.05) is 59.2 Å². The molecule has 0 unspecified atom stereocenters. The number of fused-ring (bicyclic) bond motifs is 1. The highest BCUT2D eigenvalue weighted by molar-refractivity contribution is 6.31. The van der Waals surface area contributed by atoms with Gasteiger partial charge in [0.2, 0.25) is 0 Å². The number of nitrogens with zero attached hydrogens (tertiary/aromatic N) is 2. The van der Waals surface area contributed by atoms with E-state index in [0.29, 0.717) is 39.7 Å². The summed E-state index contributed by atoms with van der Waals surface area (Å²) in [4.78, 5) is 39.7. The van der Waals surface area contributed by atoms with E-state index in [1.165, 1.54) is 0 Å². The third kappa shape index (κ3) is 5.09. The van der Waals surface area contributed by atoms with E-state index in [9.17, 15) is 14.4 Å². The van der Waals surface area contributed by atoms with Gasteiger partial charge in [0, 0.05) is 29.6 Å². The van der Waals surface area contributed by atoms with Crippen LogP contribution in [0.15, 0.2) is 82.1 Å². The van der Waals surface area contributed by atoms with Crippen molar-refractivity contribution in [1.29, 1.82) is 0 Å². The molecular formula is C26H21ClN6O4. The minimum absolute atomic E-state index is 0.132. The van der Waals surface area contributed by atoms with Crippen LogP contribution in [0.1, 0.15) is 16.1 Å². The van der Waals surface area contributed by atoms with Crippen LogP contribution in [0.4, 0.5) is 16.2 Å². The van der Waals surface area contributed by atoms with Gasteiger partial charge in [-0.3, -0.25) is 14.3 Å². The minimum Gasteiger partial charge on any atom is -0.338 e. The number of urea groups is 1. The molecule has 4 N–H and O–H groups in total. The number of hydrogen-bond acceptors (Lipinski definition) is 5. The fraction of sp³-hybridized carbons (Fsp3) is 0.0769. The Bertz CT molecular complexity index is 1670. The van der Waals surface area contributed by atoms with Gasteiger partial charge < -0.3 is 20.5 Å². The fourth-order valence-electron chi connectivity index (χ4n) is 4.03. The van der Waals surface area contributed by atoms with Gasteiger partial charge in [0.25, 0.3) is 5.91 Å². The van der Waals surface area contributed by atoms with E-state index in [0.717, 1.165) is 10.9 Å². The number of aromatic amines is 1. The quantitative estimate of drug-likeness (QED) is 0.258. The number of amides is 3. The highest BCUT2D eigenvalue weighted by Crippen LogP contribution is 2.30. The zero-order valence-electron chi connectivity index (χ0n) is 19.5. The highest BCUT2D eigenvalue weighted by atomic mass is 35.5. The smallest absolute Gasteiger partial charge is 0.338 e. The zero-order valence-corrected chi connectivity index (χ0v) is 20.3. The average molecular weight is 517 g/mol. The van der Waals surface area contributed by atoms with Gasteiger partial charge in [-0.25, -0.2) is 9.59 Å². The van der Waals surface area contributed by atoms with E-state index in [-0.39, 0.29) is 11.9 Å². The molecule has 0 bridgehead atoms. The number of aryl methyl sites for hydroxylation is 1. The Labute approximate surface area is 215 Å². The van der Waals surface area contributed by atoms with Crippen LogP contribution in [0.3, 0.4) is 0 Å². The van der Waals surface area contributed by atoms with Crippen molar-refractivity contribution in [3.63, 3.8) is 0 Å². The Morgan fingerprint density at radius 2 is 1.81 bits per heavy atom. The molecule has 0 spiro atoms.